The van der Waals surface area contributed by atoms with Gasteiger partial charge in [-0.15, -0.1) is 0 Å². The molecule has 0 aliphatic rings. The molecule has 0 atom stereocenters. The fraction of sp³-hybridized carbons (Fsp3) is 0.190. The lowest BCUT2D eigenvalue weighted by molar-refractivity contribution is -0.116. The fourth-order valence-electron chi connectivity index (χ4n) is 3.29. The Balaban J connectivity index is 1.51. The molecule has 0 aliphatic carbocycles. The number of benzene rings is 2. The maximum Gasteiger partial charge on any atom is 0.419 e. The lowest BCUT2D eigenvalue weighted by Gasteiger charge is -2.07. The molecule has 4 aromatic rings. The molecule has 0 radical (unpaired) electrons. The van der Waals surface area contributed by atoms with Gasteiger partial charge in [-0.3, -0.25) is 9.36 Å². The number of oxazole rings is 1. The van der Waals surface area contributed by atoms with Crippen molar-refractivity contribution < 1.29 is 9.21 Å². The standard InChI is InChI=1S/C21H20N4O3/c1-14-20(15(2)25(23-14)16-8-4-3-5-9-16)22-19(26)12-13-24-17-10-6-7-11-18(17)28-21(24)27/h3-11H,12-13H2,1-2H3,(H,22,26). The molecule has 0 fully saturated rings. The van der Waals surface area contributed by atoms with Crippen LogP contribution in [0.25, 0.3) is 16.8 Å². The van der Waals surface area contributed by atoms with E-state index in [1.54, 1.807) is 22.9 Å². The van der Waals surface area contributed by atoms with Crippen molar-refractivity contribution in [3.63, 3.8) is 0 Å². The van der Waals surface area contributed by atoms with E-state index in [4.69, 9.17) is 4.42 Å². The molecule has 2 heterocycles. The number of fused-ring (bicyclic) bond motifs is 1. The van der Waals surface area contributed by atoms with Crippen LogP contribution in [0.5, 0.6) is 0 Å². The van der Waals surface area contributed by atoms with Crippen LogP contribution in [0, 0.1) is 13.8 Å². The van der Waals surface area contributed by atoms with E-state index in [0.717, 1.165) is 17.1 Å². The summed E-state index contributed by atoms with van der Waals surface area (Å²) in [7, 11) is 0. The number of nitrogens with one attached hydrogen (secondary N) is 1. The lowest BCUT2D eigenvalue weighted by Crippen LogP contribution is -2.20. The van der Waals surface area contributed by atoms with Crippen LogP contribution in [0.15, 0.2) is 63.8 Å². The Morgan fingerprint density at radius 1 is 1.07 bits per heavy atom. The van der Waals surface area contributed by atoms with E-state index in [2.05, 4.69) is 10.4 Å². The maximum atomic E-state index is 12.5. The predicted molar refractivity (Wildman–Crippen MR) is 107 cm³/mol. The molecule has 142 valence electrons. The molecular weight excluding hydrogens is 356 g/mol. The minimum atomic E-state index is -0.460. The van der Waals surface area contributed by atoms with Gasteiger partial charge in [-0.25, -0.2) is 9.48 Å². The van der Waals surface area contributed by atoms with E-state index < -0.39 is 5.76 Å². The van der Waals surface area contributed by atoms with E-state index in [9.17, 15) is 9.59 Å². The number of hydrogen-bond donors (Lipinski definition) is 1. The molecule has 28 heavy (non-hydrogen) atoms. The van der Waals surface area contributed by atoms with Gasteiger partial charge in [-0.05, 0) is 38.1 Å². The highest BCUT2D eigenvalue weighted by Crippen LogP contribution is 2.23. The van der Waals surface area contributed by atoms with Gasteiger partial charge >= 0.3 is 5.76 Å². The molecule has 2 aromatic carbocycles. The number of hydrogen-bond acceptors (Lipinski definition) is 4. The number of aryl methyl sites for hydroxylation is 2. The van der Waals surface area contributed by atoms with Gasteiger partial charge in [0, 0.05) is 13.0 Å². The van der Waals surface area contributed by atoms with E-state index in [1.165, 1.54) is 4.57 Å². The van der Waals surface area contributed by atoms with Crippen LogP contribution in [-0.2, 0) is 11.3 Å². The number of carbonyl (C=O) groups is 1. The summed E-state index contributed by atoms with van der Waals surface area (Å²) in [5.41, 5.74) is 4.41. The molecule has 7 heteroatoms. The number of rotatable bonds is 5. The first-order chi connectivity index (χ1) is 13.5. The summed E-state index contributed by atoms with van der Waals surface area (Å²) in [6, 6.07) is 16.9. The average Bonchev–Trinajstić information content (AvgIpc) is 3.17. The van der Waals surface area contributed by atoms with Gasteiger partial charge in [0.1, 0.15) is 0 Å². The van der Waals surface area contributed by atoms with Crippen LogP contribution in [0.2, 0.25) is 0 Å². The van der Waals surface area contributed by atoms with Crippen molar-refractivity contribution in [2.45, 2.75) is 26.8 Å². The van der Waals surface area contributed by atoms with Gasteiger partial charge in [-0.1, -0.05) is 30.3 Å². The highest BCUT2D eigenvalue weighted by Gasteiger charge is 2.16. The second kappa shape index (κ2) is 7.19. The van der Waals surface area contributed by atoms with Gasteiger partial charge in [0.15, 0.2) is 5.58 Å². The van der Waals surface area contributed by atoms with Crippen LogP contribution < -0.4 is 11.1 Å². The van der Waals surface area contributed by atoms with Gasteiger partial charge in [0.2, 0.25) is 5.91 Å². The lowest BCUT2D eigenvalue weighted by atomic mass is 10.2. The topological polar surface area (TPSA) is 82.1 Å². The second-order valence-corrected chi connectivity index (χ2v) is 6.58. The van der Waals surface area contributed by atoms with Crippen LogP contribution in [-0.4, -0.2) is 20.3 Å². The summed E-state index contributed by atoms with van der Waals surface area (Å²) < 4.78 is 8.48. The Hall–Kier alpha value is -3.61. The summed E-state index contributed by atoms with van der Waals surface area (Å²) in [5.74, 6) is -0.644. The molecule has 0 saturated heterocycles. The zero-order valence-electron chi connectivity index (χ0n) is 15.7. The Bertz CT molecular complexity index is 1200. The van der Waals surface area contributed by atoms with E-state index in [-0.39, 0.29) is 18.9 Å². The number of carbonyl (C=O) groups excluding carboxylic acids is 1. The summed E-state index contributed by atoms with van der Waals surface area (Å²) >= 11 is 0. The minimum Gasteiger partial charge on any atom is -0.408 e. The number of aromatic nitrogens is 3. The van der Waals surface area contributed by atoms with Crippen molar-refractivity contribution >= 4 is 22.7 Å². The minimum absolute atomic E-state index is 0.152. The zero-order chi connectivity index (χ0) is 19.7. The largest absolute Gasteiger partial charge is 0.419 e. The Kier molecular flexibility index (Phi) is 4.57. The molecule has 0 bridgehead atoms. The van der Waals surface area contributed by atoms with E-state index in [1.807, 2.05) is 50.2 Å². The number of amides is 1. The van der Waals surface area contributed by atoms with Crippen molar-refractivity contribution in [2.75, 3.05) is 5.32 Å². The number of nitrogens with zero attached hydrogens (tertiary/aromatic N) is 3. The maximum absolute atomic E-state index is 12.5. The molecule has 2 aromatic heterocycles. The molecule has 0 spiro atoms. The van der Waals surface area contributed by atoms with Crippen molar-refractivity contribution in [1.29, 1.82) is 0 Å². The fourth-order valence-corrected chi connectivity index (χ4v) is 3.29. The van der Waals surface area contributed by atoms with Crippen LogP contribution in [0.1, 0.15) is 17.8 Å². The number of para-hydroxylation sites is 3. The third kappa shape index (κ3) is 3.22. The summed E-state index contributed by atoms with van der Waals surface area (Å²) in [6.07, 6.45) is 0.152. The summed E-state index contributed by atoms with van der Waals surface area (Å²) in [4.78, 5) is 24.5. The first kappa shape index (κ1) is 17.8. The number of anilines is 1. The highest BCUT2D eigenvalue weighted by molar-refractivity contribution is 5.92. The molecular formula is C21H20N4O3. The molecule has 4 rings (SSSR count). The molecule has 0 saturated carbocycles. The SMILES string of the molecule is Cc1nn(-c2ccccc2)c(C)c1NC(=O)CCn1c(=O)oc2ccccc21. The first-order valence-electron chi connectivity index (χ1n) is 9.04. The Morgan fingerprint density at radius 3 is 2.57 bits per heavy atom. The first-order valence-corrected chi connectivity index (χ1v) is 9.04. The van der Waals surface area contributed by atoms with Crippen LogP contribution in [0.4, 0.5) is 5.69 Å². The van der Waals surface area contributed by atoms with Gasteiger partial charge < -0.3 is 9.73 Å². The van der Waals surface area contributed by atoms with Gasteiger partial charge in [0.05, 0.1) is 28.3 Å². The van der Waals surface area contributed by atoms with E-state index >= 15 is 0 Å². The molecule has 1 N–H and O–H groups in total. The van der Waals surface area contributed by atoms with Crippen molar-refractivity contribution in [3.05, 3.63) is 76.5 Å². The van der Waals surface area contributed by atoms with E-state index in [0.29, 0.717) is 16.8 Å². The molecule has 0 unspecified atom stereocenters. The monoisotopic (exact) mass is 376 g/mol. The molecule has 0 aliphatic heterocycles. The smallest absolute Gasteiger partial charge is 0.408 e. The molecule has 7 nitrogen and oxygen atoms in total. The summed E-state index contributed by atoms with van der Waals surface area (Å²) in [6.45, 7) is 4.01. The molecule has 1 amide bonds. The third-order valence-corrected chi connectivity index (χ3v) is 4.69. The van der Waals surface area contributed by atoms with Gasteiger partial charge in [-0.2, -0.15) is 5.10 Å². The van der Waals surface area contributed by atoms with Gasteiger partial charge in [0.25, 0.3) is 0 Å². The van der Waals surface area contributed by atoms with Crippen LogP contribution >= 0.6 is 0 Å². The summed E-state index contributed by atoms with van der Waals surface area (Å²) in [5, 5.41) is 7.46. The predicted octanol–water partition coefficient (Wildman–Crippen LogP) is 3.43. The third-order valence-electron chi connectivity index (χ3n) is 4.69. The van der Waals surface area contributed by atoms with Crippen molar-refractivity contribution in [3.8, 4) is 5.69 Å². The average molecular weight is 376 g/mol. The Morgan fingerprint density at radius 2 is 1.79 bits per heavy atom. The van der Waals surface area contributed by atoms with Crippen molar-refractivity contribution in [1.82, 2.24) is 14.3 Å². The highest BCUT2D eigenvalue weighted by atomic mass is 16.4. The zero-order valence-corrected chi connectivity index (χ0v) is 15.7. The van der Waals surface area contributed by atoms with Crippen molar-refractivity contribution in [2.24, 2.45) is 0 Å². The Labute approximate surface area is 161 Å². The quantitative estimate of drug-likeness (QED) is 0.579. The second-order valence-electron chi connectivity index (χ2n) is 6.58. The normalized spacial score (nSPS) is 11.1. The van der Waals surface area contributed by atoms with Crippen LogP contribution in [0.3, 0.4) is 0 Å².